The van der Waals surface area contributed by atoms with Gasteiger partial charge in [0.25, 0.3) is 5.91 Å². The Morgan fingerprint density at radius 3 is 3.00 bits per heavy atom. The van der Waals surface area contributed by atoms with Crippen molar-refractivity contribution in [2.24, 2.45) is 0 Å². The lowest BCUT2D eigenvalue weighted by molar-refractivity contribution is 0.0924. The minimum Gasteiger partial charge on any atom is -0.493 e. The molecule has 0 fully saturated rings. The number of carbonyl (C=O) groups is 1. The van der Waals surface area contributed by atoms with Gasteiger partial charge in [0.15, 0.2) is 0 Å². The normalized spacial score (nSPS) is 16.6. The van der Waals surface area contributed by atoms with E-state index in [1.165, 1.54) is 0 Å². The molecule has 1 aliphatic heterocycles. The van der Waals surface area contributed by atoms with Crippen LogP contribution in [0.1, 0.15) is 33.9 Å². The number of hydrogen-bond acceptors (Lipinski definition) is 2. The number of halogens is 2. The van der Waals surface area contributed by atoms with Crippen LogP contribution in [0.2, 0.25) is 0 Å². The highest BCUT2D eigenvalue weighted by Gasteiger charge is 2.24. The lowest BCUT2D eigenvalue weighted by Crippen LogP contribution is -2.32. The number of aryl methyl sites for hydroxylation is 1. The molecule has 3 nitrogen and oxygen atoms in total. The van der Waals surface area contributed by atoms with Crippen LogP contribution in [-0.2, 0) is 0 Å². The molecule has 1 amide bonds. The fraction of sp³-hybridized carbons (Fsp3) is 0.235. The summed E-state index contributed by atoms with van der Waals surface area (Å²) in [5, 5.41) is 3.14. The maximum Gasteiger partial charge on any atom is 0.252 e. The molecule has 0 bridgehead atoms. The van der Waals surface area contributed by atoms with E-state index in [-0.39, 0.29) is 11.9 Å². The van der Waals surface area contributed by atoms with Crippen LogP contribution in [0, 0.1) is 10.5 Å². The Hall–Kier alpha value is -1.08. The second kappa shape index (κ2) is 6.58. The lowest BCUT2D eigenvalue weighted by Gasteiger charge is -2.27. The lowest BCUT2D eigenvalue weighted by atomic mass is 10.00. The molecule has 2 aromatic rings. The molecular formula is C17H15BrINO2. The van der Waals surface area contributed by atoms with E-state index in [0.29, 0.717) is 6.61 Å². The molecule has 2 aromatic carbocycles. The molecule has 1 atom stereocenters. The van der Waals surface area contributed by atoms with E-state index in [4.69, 9.17) is 4.74 Å². The third-order valence-electron chi connectivity index (χ3n) is 3.75. The van der Waals surface area contributed by atoms with E-state index in [9.17, 15) is 4.79 Å². The molecule has 0 aliphatic carbocycles. The summed E-state index contributed by atoms with van der Waals surface area (Å²) in [7, 11) is 0. The van der Waals surface area contributed by atoms with Crippen molar-refractivity contribution in [3.05, 3.63) is 61.1 Å². The predicted molar refractivity (Wildman–Crippen MR) is 98.4 cm³/mol. The number of rotatable bonds is 2. The first-order valence-corrected chi connectivity index (χ1v) is 8.91. The summed E-state index contributed by atoms with van der Waals surface area (Å²) in [5.41, 5.74) is 2.86. The van der Waals surface area contributed by atoms with Crippen molar-refractivity contribution in [1.82, 2.24) is 5.32 Å². The largest absolute Gasteiger partial charge is 0.493 e. The number of fused-ring (bicyclic) bond motifs is 1. The van der Waals surface area contributed by atoms with Crippen molar-refractivity contribution in [3.8, 4) is 5.75 Å². The van der Waals surface area contributed by atoms with Crippen LogP contribution in [0.3, 0.4) is 0 Å². The number of ether oxygens (including phenoxy) is 1. The Balaban J connectivity index is 1.87. The molecule has 1 unspecified atom stereocenters. The molecular weight excluding hydrogens is 457 g/mol. The molecule has 1 aliphatic rings. The summed E-state index contributed by atoms with van der Waals surface area (Å²) < 4.78 is 7.65. The third-order valence-corrected chi connectivity index (χ3v) is 5.68. The Kier molecular flexibility index (Phi) is 4.73. The standard InChI is InChI=1S/C17H15BrINO2/c1-10-3-2-4-12(16(10)19)17(21)20-14-7-8-22-15-6-5-11(18)9-13(14)15/h2-6,9,14H,7-8H2,1H3,(H,20,21). The average molecular weight is 472 g/mol. The smallest absolute Gasteiger partial charge is 0.252 e. The van der Waals surface area contributed by atoms with Crippen molar-refractivity contribution in [2.45, 2.75) is 19.4 Å². The van der Waals surface area contributed by atoms with Gasteiger partial charge in [-0.15, -0.1) is 0 Å². The number of hydrogen-bond donors (Lipinski definition) is 1. The van der Waals surface area contributed by atoms with E-state index >= 15 is 0 Å². The Bertz CT molecular complexity index is 733. The van der Waals surface area contributed by atoms with Crippen LogP contribution >= 0.6 is 38.5 Å². The fourth-order valence-electron chi connectivity index (χ4n) is 2.57. The molecule has 0 radical (unpaired) electrons. The van der Waals surface area contributed by atoms with Gasteiger partial charge >= 0.3 is 0 Å². The van der Waals surface area contributed by atoms with Gasteiger partial charge in [-0.3, -0.25) is 4.79 Å². The first kappa shape index (κ1) is 15.8. The van der Waals surface area contributed by atoms with Crippen LogP contribution in [0.25, 0.3) is 0 Å². The van der Waals surface area contributed by atoms with E-state index < -0.39 is 0 Å². The maximum atomic E-state index is 12.6. The second-order valence-corrected chi connectivity index (χ2v) is 7.28. The van der Waals surface area contributed by atoms with Crippen molar-refractivity contribution in [2.75, 3.05) is 6.61 Å². The summed E-state index contributed by atoms with van der Waals surface area (Å²) in [6.45, 7) is 2.63. The number of benzene rings is 2. The molecule has 0 saturated heterocycles. The van der Waals surface area contributed by atoms with Crippen molar-refractivity contribution < 1.29 is 9.53 Å². The van der Waals surface area contributed by atoms with Crippen molar-refractivity contribution in [1.29, 1.82) is 0 Å². The van der Waals surface area contributed by atoms with Gasteiger partial charge in [0.05, 0.1) is 18.2 Å². The van der Waals surface area contributed by atoms with Crippen LogP contribution < -0.4 is 10.1 Å². The summed E-state index contributed by atoms with van der Waals surface area (Å²) in [6, 6.07) is 11.7. The molecule has 1 N–H and O–H groups in total. The fourth-order valence-corrected chi connectivity index (χ4v) is 3.56. The van der Waals surface area contributed by atoms with E-state index in [1.807, 2.05) is 43.3 Å². The topological polar surface area (TPSA) is 38.3 Å². The number of amides is 1. The van der Waals surface area contributed by atoms with E-state index in [0.717, 1.165) is 36.9 Å². The Labute approximate surface area is 151 Å². The van der Waals surface area contributed by atoms with Crippen LogP contribution in [0.5, 0.6) is 5.75 Å². The van der Waals surface area contributed by atoms with Crippen LogP contribution in [0.4, 0.5) is 0 Å². The molecule has 0 saturated carbocycles. The first-order chi connectivity index (χ1) is 10.6. The third kappa shape index (κ3) is 3.15. The minimum absolute atomic E-state index is 0.0231. The van der Waals surface area contributed by atoms with Crippen molar-refractivity contribution >= 4 is 44.4 Å². The zero-order valence-corrected chi connectivity index (χ0v) is 15.8. The highest BCUT2D eigenvalue weighted by molar-refractivity contribution is 14.1. The SMILES string of the molecule is Cc1cccc(C(=O)NC2CCOc3ccc(Br)cc32)c1I. The van der Waals surface area contributed by atoms with Crippen LogP contribution in [-0.4, -0.2) is 12.5 Å². The average Bonchev–Trinajstić information content (AvgIpc) is 2.50. The van der Waals surface area contributed by atoms with Gasteiger partial charge in [0, 0.05) is 20.0 Å². The molecule has 1 heterocycles. The number of nitrogens with one attached hydrogen (secondary N) is 1. The van der Waals surface area contributed by atoms with E-state index in [1.54, 1.807) is 0 Å². The Morgan fingerprint density at radius 2 is 2.18 bits per heavy atom. The summed E-state index contributed by atoms with van der Waals surface area (Å²) >= 11 is 5.71. The summed E-state index contributed by atoms with van der Waals surface area (Å²) in [5.74, 6) is 0.810. The molecule has 0 aromatic heterocycles. The van der Waals surface area contributed by atoms with Crippen molar-refractivity contribution in [3.63, 3.8) is 0 Å². The van der Waals surface area contributed by atoms with Gasteiger partial charge < -0.3 is 10.1 Å². The molecule has 3 rings (SSSR count). The highest BCUT2D eigenvalue weighted by Crippen LogP contribution is 2.34. The predicted octanol–water partition coefficient (Wildman–Crippen LogP) is 4.62. The molecule has 22 heavy (non-hydrogen) atoms. The monoisotopic (exact) mass is 471 g/mol. The molecule has 5 heteroatoms. The zero-order chi connectivity index (χ0) is 15.7. The highest BCUT2D eigenvalue weighted by atomic mass is 127. The number of carbonyl (C=O) groups excluding carboxylic acids is 1. The zero-order valence-electron chi connectivity index (χ0n) is 12.0. The molecule has 114 valence electrons. The summed E-state index contributed by atoms with van der Waals surface area (Å²) in [6.07, 6.45) is 0.775. The van der Waals surface area contributed by atoms with Gasteiger partial charge in [-0.25, -0.2) is 0 Å². The molecule has 0 spiro atoms. The van der Waals surface area contributed by atoms with Gasteiger partial charge in [-0.05, 0) is 59.3 Å². The minimum atomic E-state index is -0.0362. The van der Waals surface area contributed by atoms with Gasteiger partial charge in [0.2, 0.25) is 0 Å². The van der Waals surface area contributed by atoms with Crippen LogP contribution in [0.15, 0.2) is 40.9 Å². The first-order valence-electron chi connectivity index (χ1n) is 7.04. The quantitative estimate of drug-likeness (QED) is 0.649. The van der Waals surface area contributed by atoms with Gasteiger partial charge in [-0.2, -0.15) is 0 Å². The maximum absolute atomic E-state index is 12.6. The Morgan fingerprint density at radius 1 is 1.36 bits per heavy atom. The van der Waals surface area contributed by atoms with Gasteiger partial charge in [-0.1, -0.05) is 28.1 Å². The summed E-state index contributed by atoms with van der Waals surface area (Å²) in [4.78, 5) is 12.6. The van der Waals surface area contributed by atoms with E-state index in [2.05, 4.69) is 43.8 Å². The van der Waals surface area contributed by atoms with Gasteiger partial charge in [0.1, 0.15) is 5.75 Å². The second-order valence-electron chi connectivity index (χ2n) is 5.28.